The smallest absolute Gasteiger partial charge is 0.208 e. The van der Waals surface area contributed by atoms with Crippen molar-refractivity contribution in [2.24, 2.45) is 0 Å². The standard InChI is InChI=1S/C29H18ClN3/c30-29-32-27(23-11-6-10-22(17-23)19-7-2-1-3-8-19)31-28(33-29)24-16-15-21-14-13-20-9-4-5-12-25(20)26(21)18-24/h1-18H. The second-order valence-electron chi connectivity index (χ2n) is 7.92. The minimum absolute atomic E-state index is 0.179. The van der Waals surface area contributed by atoms with Crippen LogP contribution in [0.4, 0.5) is 0 Å². The van der Waals surface area contributed by atoms with E-state index in [1.165, 1.54) is 16.2 Å². The molecule has 1 aromatic heterocycles. The first-order valence-corrected chi connectivity index (χ1v) is 11.1. The van der Waals surface area contributed by atoms with Crippen LogP contribution in [0.5, 0.6) is 0 Å². The number of fused-ring (bicyclic) bond motifs is 3. The van der Waals surface area contributed by atoms with Crippen LogP contribution < -0.4 is 0 Å². The molecule has 4 heteroatoms. The monoisotopic (exact) mass is 443 g/mol. The molecule has 0 atom stereocenters. The molecule has 0 unspecified atom stereocenters. The van der Waals surface area contributed by atoms with Crippen molar-refractivity contribution in [3.8, 4) is 33.9 Å². The Kier molecular flexibility index (Phi) is 4.82. The zero-order valence-corrected chi connectivity index (χ0v) is 18.4. The third kappa shape index (κ3) is 3.73. The summed E-state index contributed by atoms with van der Waals surface area (Å²) in [7, 11) is 0. The number of nitrogens with zero attached hydrogens (tertiary/aromatic N) is 3. The molecule has 0 fully saturated rings. The lowest BCUT2D eigenvalue weighted by molar-refractivity contribution is 1.07. The number of benzene rings is 5. The molecular formula is C29H18ClN3. The molecule has 156 valence electrons. The summed E-state index contributed by atoms with van der Waals surface area (Å²) < 4.78 is 0. The van der Waals surface area contributed by atoms with Crippen LogP contribution in [-0.4, -0.2) is 15.0 Å². The Morgan fingerprint density at radius 3 is 1.85 bits per heavy atom. The van der Waals surface area contributed by atoms with Gasteiger partial charge in [0.05, 0.1) is 0 Å². The van der Waals surface area contributed by atoms with Gasteiger partial charge in [0.15, 0.2) is 11.6 Å². The fraction of sp³-hybridized carbons (Fsp3) is 0. The summed E-state index contributed by atoms with van der Waals surface area (Å²) in [6.07, 6.45) is 0. The van der Waals surface area contributed by atoms with E-state index in [1.807, 2.05) is 36.4 Å². The highest BCUT2D eigenvalue weighted by Gasteiger charge is 2.12. The van der Waals surface area contributed by atoms with Crippen LogP contribution in [0.3, 0.4) is 0 Å². The highest BCUT2D eigenvalue weighted by Crippen LogP contribution is 2.30. The molecule has 0 saturated carbocycles. The first-order chi connectivity index (χ1) is 16.2. The van der Waals surface area contributed by atoms with Crippen molar-refractivity contribution in [1.29, 1.82) is 0 Å². The lowest BCUT2D eigenvalue weighted by Gasteiger charge is -2.09. The van der Waals surface area contributed by atoms with Crippen molar-refractivity contribution in [3.05, 3.63) is 114 Å². The third-order valence-electron chi connectivity index (χ3n) is 5.84. The number of hydrogen-bond donors (Lipinski definition) is 0. The van der Waals surface area contributed by atoms with E-state index in [1.54, 1.807) is 0 Å². The van der Waals surface area contributed by atoms with Crippen LogP contribution in [0.2, 0.25) is 5.28 Å². The molecule has 0 spiro atoms. The van der Waals surface area contributed by atoms with Gasteiger partial charge in [-0.3, -0.25) is 0 Å². The second kappa shape index (κ2) is 8.12. The molecule has 0 N–H and O–H groups in total. The fourth-order valence-corrected chi connectivity index (χ4v) is 4.38. The van der Waals surface area contributed by atoms with Crippen molar-refractivity contribution >= 4 is 33.1 Å². The quantitative estimate of drug-likeness (QED) is 0.261. The zero-order valence-electron chi connectivity index (χ0n) is 17.6. The predicted molar refractivity (Wildman–Crippen MR) is 136 cm³/mol. The average molecular weight is 444 g/mol. The molecular weight excluding hydrogens is 426 g/mol. The Hall–Kier alpha value is -4.08. The van der Waals surface area contributed by atoms with Crippen LogP contribution in [0.1, 0.15) is 0 Å². The maximum atomic E-state index is 6.36. The fourth-order valence-electron chi connectivity index (χ4n) is 4.22. The van der Waals surface area contributed by atoms with Gasteiger partial charge < -0.3 is 0 Å². The molecule has 33 heavy (non-hydrogen) atoms. The Balaban J connectivity index is 1.48. The zero-order chi connectivity index (χ0) is 22.2. The van der Waals surface area contributed by atoms with Gasteiger partial charge in [-0.25, -0.2) is 4.98 Å². The van der Waals surface area contributed by atoms with Crippen molar-refractivity contribution in [2.45, 2.75) is 0 Å². The van der Waals surface area contributed by atoms with E-state index >= 15 is 0 Å². The second-order valence-corrected chi connectivity index (χ2v) is 8.26. The molecule has 6 aromatic rings. The normalized spacial score (nSPS) is 11.2. The first kappa shape index (κ1) is 19.6. The van der Waals surface area contributed by atoms with Gasteiger partial charge in [0.1, 0.15) is 0 Å². The molecule has 0 aliphatic rings. The van der Waals surface area contributed by atoms with Crippen molar-refractivity contribution in [2.75, 3.05) is 0 Å². The van der Waals surface area contributed by atoms with Gasteiger partial charge in [-0.15, -0.1) is 0 Å². The van der Waals surface area contributed by atoms with E-state index in [4.69, 9.17) is 16.6 Å². The van der Waals surface area contributed by atoms with E-state index in [0.717, 1.165) is 27.6 Å². The topological polar surface area (TPSA) is 38.7 Å². The Bertz CT molecular complexity index is 1630. The Morgan fingerprint density at radius 2 is 1.03 bits per heavy atom. The summed E-state index contributed by atoms with van der Waals surface area (Å²) >= 11 is 6.36. The largest absolute Gasteiger partial charge is 0.226 e. The highest BCUT2D eigenvalue weighted by atomic mass is 35.5. The molecule has 0 aliphatic carbocycles. The minimum atomic E-state index is 0.179. The summed E-state index contributed by atoms with van der Waals surface area (Å²) in [4.78, 5) is 13.6. The molecule has 0 bridgehead atoms. The van der Waals surface area contributed by atoms with E-state index < -0.39 is 0 Å². The number of hydrogen-bond acceptors (Lipinski definition) is 3. The van der Waals surface area contributed by atoms with Crippen molar-refractivity contribution < 1.29 is 0 Å². The number of rotatable bonds is 3. The van der Waals surface area contributed by atoms with Gasteiger partial charge in [0.25, 0.3) is 0 Å². The van der Waals surface area contributed by atoms with Gasteiger partial charge >= 0.3 is 0 Å². The minimum Gasteiger partial charge on any atom is -0.208 e. The highest BCUT2D eigenvalue weighted by molar-refractivity contribution is 6.28. The van der Waals surface area contributed by atoms with E-state index in [9.17, 15) is 0 Å². The molecule has 0 amide bonds. The lowest BCUT2D eigenvalue weighted by atomic mass is 10.00. The summed E-state index contributed by atoms with van der Waals surface area (Å²) in [6.45, 7) is 0. The first-order valence-electron chi connectivity index (χ1n) is 10.7. The molecule has 5 aromatic carbocycles. The van der Waals surface area contributed by atoms with Crippen LogP contribution in [0.25, 0.3) is 55.4 Å². The maximum Gasteiger partial charge on any atom is 0.226 e. The van der Waals surface area contributed by atoms with Gasteiger partial charge in [0, 0.05) is 11.1 Å². The lowest BCUT2D eigenvalue weighted by Crippen LogP contribution is -1.97. The van der Waals surface area contributed by atoms with Gasteiger partial charge in [0.2, 0.25) is 5.28 Å². The number of aromatic nitrogens is 3. The average Bonchev–Trinajstić information content (AvgIpc) is 2.88. The van der Waals surface area contributed by atoms with Gasteiger partial charge in [-0.1, -0.05) is 97.1 Å². The maximum absolute atomic E-state index is 6.36. The summed E-state index contributed by atoms with van der Waals surface area (Å²) in [6, 6.07) is 37.4. The summed E-state index contributed by atoms with van der Waals surface area (Å²) in [5, 5.41) is 4.92. The van der Waals surface area contributed by atoms with Crippen LogP contribution >= 0.6 is 11.6 Å². The molecule has 6 rings (SSSR count). The van der Waals surface area contributed by atoms with Gasteiger partial charge in [-0.05, 0) is 56.4 Å². The van der Waals surface area contributed by atoms with Crippen LogP contribution in [0.15, 0.2) is 109 Å². The van der Waals surface area contributed by atoms with Crippen molar-refractivity contribution in [1.82, 2.24) is 15.0 Å². The van der Waals surface area contributed by atoms with Crippen LogP contribution in [-0.2, 0) is 0 Å². The Labute approximate surface area is 196 Å². The third-order valence-corrected chi connectivity index (χ3v) is 6.01. The SMILES string of the molecule is Clc1nc(-c2cccc(-c3ccccc3)c2)nc(-c2ccc3ccc4ccccc4c3c2)n1. The number of halogens is 1. The summed E-state index contributed by atoms with van der Waals surface area (Å²) in [5.74, 6) is 1.12. The molecule has 0 radical (unpaired) electrons. The predicted octanol–water partition coefficient (Wildman–Crippen LogP) is 7.83. The van der Waals surface area contributed by atoms with Crippen LogP contribution in [0, 0.1) is 0 Å². The van der Waals surface area contributed by atoms with Gasteiger partial charge in [-0.2, -0.15) is 9.97 Å². The van der Waals surface area contributed by atoms with E-state index in [-0.39, 0.29) is 5.28 Å². The molecule has 0 saturated heterocycles. The molecule has 0 aliphatic heterocycles. The van der Waals surface area contributed by atoms with E-state index in [2.05, 4.69) is 82.8 Å². The molecule has 3 nitrogen and oxygen atoms in total. The summed E-state index contributed by atoms with van der Waals surface area (Å²) in [5.41, 5.74) is 4.04. The van der Waals surface area contributed by atoms with E-state index in [0.29, 0.717) is 11.6 Å². The Morgan fingerprint density at radius 1 is 0.424 bits per heavy atom. The molecule has 1 heterocycles. The van der Waals surface area contributed by atoms with Crippen molar-refractivity contribution in [3.63, 3.8) is 0 Å².